The molecule has 1 aromatic rings. The Bertz CT molecular complexity index is 456. The lowest BCUT2D eigenvalue weighted by atomic mass is 10.0. The minimum absolute atomic E-state index is 0.107. The summed E-state index contributed by atoms with van der Waals surface area (Å²) in [7, 11) is 0. The summed E-state index contributed by atoms with van der Waals surface area (Å²) in [5.74, 6) is 0.643. The maximum Gasteiger partial charge on any atom is 0.245 e. The molecule has 1 aliphatic heterocycles. The molecule has 0 aromatic heterocycles. The summed E-state index contributed by atoms with van der Waals surface area (Å²) in [6, 6.07) is 5.56. The van der Waals surface area contributed by atoms with Crippen LogP contribution in [0.25, 0.3) is 0 Å². The topological polar surface area (TPSA) is 55.1 Å². The van der Waals surface area contributed by atoms with Crippen molar-refractivity contribution in [2.45, 2.75) is 23.7 Å². The third-order valence-corrected chi connectivity index (χ3v) is 4.58. The van der Waals surface area contributed by atoms with Crippen LogP contribution in [0.3, 0.4) is 0 Å². The Morgan fingerprint density at radius 2 is 2.19 bits per heavy atom. The number of carbonyl (C=O) groups excluding carboxylic acids is 1. The van der Waals surface area contributed by atoms with Gasteiger partial charge in [-0.3, -0.25) is 4.79 Å². The number of anilines is 1. The zero-order valence-electron chi connectivity index (χ0n) is 8.74. The number of carbonyl (C=O) groups is 1. The average molecular weight is 281 g/mol. The quantitative estimate of drug-likeness (QED) is 0.818. The van der Waals surface area contributed by atoms with Gasteiger partial charge in [-0.25, -0.2) is 0 Å². The van der Waals surface area contributed by atoms with E-state index < -0.39 is 6.04 Å². The molecule has 3 rings (SSSR count). The fourth-order valence-corrected chi connectivity index (χ4v) is 2.95. The number of halogens is 1. The molecule has 1 aromatic carbocycles. The number of amides is 1. The molecule has 0 radical (unpaired) electrons. The van der Waals surface area contributed by atoms with Gasteiger partial charge in [-0.1, -0.05) is 28.1 Å². The van der Waals surface area contributed by atoms with E-state index in [1.54, 1.807) is 0 Å². The van der Waals surface area contributed by atoms with Crippen LogP contribution < -0.4 is 11.1 Å². The zero-order chi connectivity index (χ0) is 11.3. The van der Waals surface area contributed by atoms with Gasteiger partial charge in [-0.15, -0.1) is 0 Å². The molecule has 4 heteroatoms. The second-order valence-corrected chi connectivity index (χ2v) is 5.54. The molecule has 0 spiro atoms. The van der Waals surface area contributed by atoms with Crippen LogP contribution in [0.15, 0.2) is 18.2 Å². The van der Waals surface area contributed by atoms with E-state index in [9.17, 15) is 4.79 Å². The van der Waals surface area contributed by atoms with Crippen molar-refractivity contribution in [2.75, 3.05) is 5.32 Å². The van der Waals surface area contributed by atoms with Crippen LogP contribution in [0, 0.1) is 5.92 Å². The van der Waals surface area contributed by atoms with E-state index in [0.717, 1.165) is 17.2 Å². The Balaban J connectivity index is 1.96. The molecule has 1 saturated carbocycles. The normalized spacial score (nSPS) is 25.1. The average Bonchev–Trinajstić information content (AvgIpc) is 3.07. The lowest BCUT2D eigenvalue weighted by Crippen LogP contribution is -2.19. The first kappa shape index (κ1) is 10.3. The zero-order valence-corrected chi connectivity index (χ0v) is 10.3. The van der Waals surface area contributed by atoms with Gasteiger partial charge in [-0.2, -0.15) is 0 Å². The highest BCUT2D eigenvalue weighted by atomic mass is 79.9. The molecule has 1 aliphatic carbocycles. The molecule has 3 N–H and O–H groups in total. The van der Waals surface area contributed by atoms with E-state index in [1.165, 1.54) is 18.4 Å². The van der Waals surface area contributed by atoms with Crippen molar-refractivity contribution in [3.8, 4) is 0 Å². The lowest BCUT2D eigenvalue weighted by molar-refractivity contribution is -0.116. The number of fused-ring (bicyclic) bond motifs is 1. The monoisotopic (exact) mass is 280 g/mol. The summed E-state index contributed by atoms with van der Waals surface area (Å²) in [4.78, 5) is 11.8. The van der Waals surface area contributed by atoms with E-state index >= 15 is 0 Å². The van der Waals surface area contributed by atoms with Crippen molar-refractivity contribution in [3.63, 3.8) is 0 Å². The highest BCUT2D eigenvalue weighted by Crippen LogP contribution is 2.47. The molecule has 2 aliphatic rings. The van der Waals surface area contributed by atoms with Crippen molar-refractivity contribution in [1.29, 1.82) is 0 Å². The van der Waals surface area contributed by atoms with Crippen molar-refractivity contribution in [1.82, 2.24) is 0 Å². The highest BCUT2D eigenvalue weighted by molar-refractivity contribution is 9.09. The fraction of sp³-hybridized carbons (Fsp3) is 0.417. The standard InChI is InChI=1S/C12H13BrN2O/c13-10(6-1-2-6)7-3-4-9-8(5-7)11(14)12(16)15-9/h3-6,10-11H,1-2,14H2,(H,15,16)/t10-,11-/m1/s1. The number of alkyl halides is 1. The Hall–Kier alpha value is -0.870. The van der Waals surface area contributed by atoms with E-state index in [-0.39, 0.29) is 5.91 Å². The van der Waals surface area contributed by atoms with Gasteiger partial charge in [0.1, 0.15) is 6.04 Å². The van der Waals surface area contributed by atoms with Gasteiger partial charge in [0.25, 0.3) is 0 Å². The first-order chi connectivity index (χ1) is 7.66. The maximum absolute atomic E-state index is 11.4. The highest BCUT2D eigenvalue weighted by Gasteiger charge is 2.32. The van der Waals surface area contributed by atoms with Gasteiger partial charge >= 0.3 is 0 Å². The predicted octanol–water partition coefficient (Wildman–Crippen LogP) is 2.48. The van der Waals surface area contributed by atoms with Crippen LogP contribution in [0.5, 0.6) is 0 Å². The fourth-order valence-electron chi connectivity index (χ4n) is 2.14. The van der Waals surface area contributed by atoms with Gasteiger partial charge in [-0.05, 0) is 30.4 Å². The van der Waals surface area contributed by atoms with E-state index in [1.807, 2.05) is 6.07 Å². The Labute approximate surface area is 103 Å². The third kappa shape index (κ3) is 1.57. The SMILES string of the molecule is N[C@H]1C(=O)Nc2ccc([C@H](Br)C3CC3)cc21. The van der Waals surface area contributed by atoms with Crippen LogP contribution >= 0.6 is 15.9 Å². The van der Waals surface area contributed by atoms with Crippen molar-refractivity contribution in [3.05, 3.63) is 29.3 Å². The van der Waals surface area contributed by atoms with Crippen LogP contribution in [-0.4, -0.2) is 5.91 Å². The first-order valence-electron chi connectivity index (χ1n) is 5.51. The molecule has 0 unspecified atom stereocenters. The van der Waals surface area contributed by atoms with E-state index in [2.05, 4.69) is 33.4 Å². The van der Waals surface area contributed by atoms with Crippen LogP contribution in [0.1, 0.15) is 34.8 Å². The predicted molar refractivity (Wildman–Crippen MR) is 66.4 cm³/mol. The van der Waals surface area contributed by atoms with Gasteiger partial charge in [0.2, 0.25) is 5.91 Å². The van der Waals surface area contributed by atoms with Crippen molar-refractivity contribution >= 4 is 27.5 Å². The summed E-state index contributed by atoms with van der Waals surface area (Å²) in [5.41, 5.74) is 8.83. The summed E-state index contributed by atoms with van der Waals surface area (Å²) in [6.45, 7) is 0. The molecular formula is C12H13BrN2O. The smallest absolute Gasteiger partial charge is 0.245 e. The first-order valence-corrected chi connectivity index (χ1v) is 6.43. The third-order valence-electron chi connectivity index (χ3n) is 3.31. The molecule has 3 nitrogen and oxygen atoms in total. The van der Waals surface area contributed by atoms with Gasteiger partial charge < -0.3 is 11.1 Å². The molecule has 2 atom stereocenters. The van der Waals surface area contributed by atoms with Crippen molar-refractivity contribution < 1.29 is 4.79 Å². The number of hydrogen-bond acceptors (Lipinski definition) is 2. The summed E-state index contributed by atoms with van der Waals surface area (Å²) >= 11 is 3.71. The molecule has 1 fully saturated rings. The van der Waals surface area contributed by atoms with Crippen LogP contribution in [0.2, 0.25) is 0 Å². The summed E-state index contributed by atoms with van der Waals surface area (Å²) < 4.78 is 0. The Morgan fingerprint density at radius 1 is 1.44 bits per heavy atom. The van der Waals surface area contributed by atoms with Gasteiger partial charge in [0, 0.05) is 16.1 Å². The molecule has 1 amide bonds. The second-order valence-electron chi connectivity index (χ2n) is 4.55. The number of nitrogens with one attached hydrogen (secondary N) is 1. The second kappa shape index (κ2) is 3.57. The maximum atomic E-state index is 11.4. The largest absolute Gasteiger partial charge is 0.324 e. The number of hydrogen-bond donors (Lipinski definition) is 2. The molecule has 0 bridgehead atoms. The van der Waals surface area contributed by atoms with Crippen LogP contribution in [0.4, 0.5) is 5.69 Å². The molecule has 0 saturated heterocycles. The molecule has 16 heavy (non-hydrogen) atoms. The Kier molecular flexibility index (Phi) is 2.30. The lowest BCUT2D eigenvalue weighted by Gasteiger charge is -2.11. The molecular weight excluding hydrogens is 268 g/mol. The van der Waals surface area contributed by atoms with Crippen molar-refractivity contribution in [2.24, 2.45) is 11.7 Å². The number of rotatable bonds is 2. The Morgan fingerprint density at radius 3 is 2.88 bits per heavy atom. The number of nitrogens with two attached hydrogens (primary N) is 1. The summed E-state index contributed by atoms with van der Waals surface area (Å²) in [5, 5.41) is 2.78. The summed E-state index contributed by atoms with van der Waals surface area (Å²) in [6.07, 6.45) is 2.58. The van der Waals surface area contributed by atoms with E-state index in [4.69, 9.17) is 5.73 Å². The molecule has 1 heterocycles. The van der Waals surface area contributed by atoms with E-state index in [0.29, 0.717) is 4.83 Å². The van der Waals surface area contributed by atoms with Gasteiger partial charge in [0.15, 0.2) is 0 Å². The minimum Gasteiger partial charge on any atom is -0.324 e. The minimum atomic E-state index is -0.506. The van der Waals surface area contributed by atoms with Crippen LogP contribution in [-0.2, 0) is 4.79 Å². The number of benzene rings is 1. The molecule has 84 valence electrons. The van der Waals surface area contributed by atoms with Gasteiger partial charge in [0.05, 0.1) is 0 Å².